The second-order valence-corrected chi connectivity index (χ2v) is 9.51. The Morgan fingerprint density at radius 2 is 1.69 bits per heavy atom. The predicted molar refractivity (Wildman–Crippen MR) is 135 cm³/mol. The first-order valence-corrected chi connectivity index (χ1v) is 11.9. The number of ketones is 1. The van der Waals surface area contributed by atoms with Crippen LogP contribution >= 0.6 is 61.9 Å². The van der Waals surface area contributed by atoms with E-state index in [2.05, 4.69) is 38.5 Å². The molecule has 0 saturated heterocycles. The first kappa shape index (κ1) is 22.4. The van der Waals surface area contributed by atoms with Crippen LogP contribution in [0, 0.1) is 0 Å². The lowest BCUT2D eigenvalue weighted by Gasteiger charge is -2.13. The zero-order valence-electron chi connectivity index (χ0n) is 15.5. The third-order valence-corrected chi connectivity index (χ3v) is 7.57. The summed E-state index contributed by atoms with van der Waals surface area (Å²) in [6.07, 6.45) is 0. The number of hydrogen-bond acceptors (Lipinski definition) is 3. The van der Waals surface area contributed by atoms with E-state index in [0.29, 0.717) is 21.2 Å². The van der Waals surface area contributed by atoms with E-state index in [1.807, 2.05) is 72.8 Å². The van der Waals surface area contributed by atoms with E-state index in [0.717, 1.165) is 24.9 Å². The van der Waals surface area contributed by atoms with Crippen LogP contribution in [0.1, 0.15) is 21.5 Å². The van der Waals surface area contributed by atoms with Gasteiger partial charge in [-0.3, -0.25) is 4.79 Å². The Morgan fingerprint density at radius 3 is 2.34 bits per heavy atom. The minimum Gasteiger partial charge on any atom is -0.496 e. The summed E-state index contributed by atoms with van der Waals surface area (Å²) in [6, 6.07) is 22.9. The van der Waals surface area contributed by atoms with Crippen LogP contribution < -0.4 is 4.74 Å². The Bertz CT molecular complexity index is 1030. The monoisotopic (exact) mass is 598 g/mol. The van der Waals surface area contributed by atoms with Crippen LogP contribution in [-0.2, 0) is 5.75 Å². The minimum atomic E-state index is -0.00762. The van der Waals surface area contributed by atoms with E-state index in [-0.39, 0.29) is 5.78 Å². The summed E-state index contributed by atoms with van der Waals surface area (Å²) in [4.78, 5) is 14.1. The van der Waals surface area contributed by atoms with Gasteiger partial charge in [-0.05, 0) is 70.6 Å². The van der Waals surface area contributed by atoms with Gasteiger partial charge in [0, 0.05) is 30.0 Å². The molecular formula is C23H17BrClIO2S. The average molecular weight is 600 g/mol. The highest BCUT2D eigenvalue weighted by atomic mass is 127. The minimum absolute atomic E-state index is 0.00762. The van der Waals surface area contributed by atoms with Gasteiger partial charge in [-0.2, -0.15) is 0 Å². The summed E-state index contributed by atoms with van der Waals surface area (Å²) >= 11 is 13.2. The number of thioether (sulfide) groups is 1. The van der Waals surface area contributed by atoms with Crippen molar-refractivity contribution in [3.8, 4) is 5.75 Å². The molecule has 0 radical (unpaired) electrons. The number of rotatable bonds is 7. The molecule has 0 aromatic heterocycles. The number of methoxy groups -OCH3 is 1. The lowest BCUT2D eigenvalue weighted by atomic mass is 10.1. The van der Waals surface area contributed by atoms with Gasteiger partial charge in [-0.25, -0.2) is 0 Å². The largest absolute Gasteiger partial charge is 0.496 e. The molecule has 0 amide bonds. The topological polar surface area (TPSA) is 26.3 Å². The van der Waals surface area contributed by atoms with E-state index in [1.54, 1.807) is 7.11 Å². The Hall–Kier alpha value is -1.28. The Balaban J connectivity index is 2.01. The van der Waals surface area contributed by atoms with Crippen LogP contribution in [-0.4, -0.2) is 12.9 Å². The second-order valence-electron chi connectivity index (χ2n) is 6.09. The summed E-state index contributed by atoms with van der Waals surface area (Å²) in [5, 5.41) is 0.698. The molecular weight excluding hydrogens is 583 g/mol. The zero-order chi connectivity index (χ0) is 20.8. The van der Waals surface area contributed by atoms with Crippen LogP contribution in [0.5, 0.6) is 5.75 Å². The lowest BCUT2D eigenvalue weighted by Crippen LogP contribution is -2.03. The van der Waals surface area contributed by atoms with Crippen molar-refractivity contribution in [3.05, 3.63) is 104 Å². The number of carbonyl (C=O) groups excluding carboxylic acids is 1. The zero-order valence-corrected chi connectivity index (χ0v) is 20.8. The van der Waals surface area contributed by atoms with Gasteiger partial charge < -0.3 is 4.74 Å². The molecule has 0 fully saturated rings. The van der Waals surface area contributed by atoms with E-state index >= 15 is 0 Å². The third kappa shape index (κ3) is 5.87. The number of allylic oxidation sites excluding steroid dienone is 1. The number of para-hydroxylation sites is 1. The number of Topliss-reactive ketones (excluding diaryl/α,β-unsaturated/α-hetero) is 1. The molecule has 0 aliphatic rings. The highest BCUT2D eigenvalue weighted by Gasteiger charge is 2.20. The van der Waals surface area contributed by atoms with Gasteiger partial charge in [-0.15, -0.1) is 11.8 Å². The summed E-state index contributed by atoms with van der Waals surface area (Å²) < 4.78 is 7.32. The highest BCUT2D eigenvalue weighted by Crippen LogP contribution is 2.39. The maximum atomic E-state index is 13.4. The number of ether oxygens (including phenoxy) is 1. The molecule has 0 unspecified atom stereocenters. The molecule has 3 rings (SSSR count). The number of halogens is 3. The molecule has 3 aromatic rings. The van der Waals surface area contributed by atoms with Gasteiger partial charge >= 0.3 is 0 Å². The average Bonchev–Trinajstić information content (AvgIpc) is 2.75. The molecule has 0 saturated carbocycles. The fraction of sp³-hybridized carbons (Fsp3) is 0.0870. The molecule has 0 bridgehead atoms. The number of hydrogen-bond donors (Lipinski definition) is 0. The molecule has 148 valence electrons. The molecule has 0 spiro atoms. The van der Waals surface area contributed by atoms with Gasteiger partial charge in [0.15, 0.2) is 5.78 Å². The smallest absolute Gasteiger partial charge is 0.200 e. The van der Waals surface area contributed by atoms with Gasteiger partial charge in [0.25, 0.3) is 0 Å². The summed E-state index contributed by atoms with van der Waals surface area (Å²) in [7, 11) is 1.64. The fourth-order valence-electron chi connectivity index (χ4n) is 2.65. The van der Waals surface area contributed by atoms with E-state index in [4.69, 9.17) is 16.3 Å². The SMILES string of the molecule is COc1ccccc1C(I)=C(SCc1ccc(Cl)cc1)C(=O)c1ccc(Br)cc1. The molecule has 6 heteroatoms. The molecule has 0 aliphatic carbocycles. The van der Waals surface area contributed by atoms with Crippen molar-refractivity contribution < 1.29 is 9.53 Å². The van der Waals surface area contributed by atoms with Crippen molar-refractivity contribution in [1.29, 1.82) is 0 Å². The fourth-order valence-corrected chi connectivity index (χ4v) is 5.18. The standard InChI is InChI=1S/C23H17BrClIO2S/c1-28-20-5-3-2-4-19(20)21(26)23(22(27)16-8-10-17(24)11-9-16)29-14-15-6-12-18(25)13-7-15/h2-13H,14H2,1H3. The van der Waals surface area contributed by atoms with Crippen LogP contribution in [0.2, 0.25) is 5.02 Å². The van der Waals surface area contributed by atoms with Gasteiger partial charge in [-0.1, -0.05) is 57.9 Å². The molecule has 0 aliphatic heterocycles. The first-order valence-electron chi connectivity index (χ1n) is 8.70. The lowest BCUT2D eigenvalue weighted by molar-refractivity contribution is 0.104. The van der Waals surface area contributed by atoms with Crippen molar-refractivity contribution >= 4 is 71.2 Å². The third-order valence-electron chi connectivity index (χ3n) is 4.15. The second kappa shape index (κ2) is 10.7. The van der Waals surface area contributed by atoms with Crippen LogP contribution in [0.3, 0.4) is 0 Å². The van der Waals surface area contributed by atoms with Gasteiger partial charge in [0.1, 0.15) is 5.75 Å². The van der Waals surface area contributed by atoms with Gasteiger partial charge in [0.2, 0.25) is 0 Å². The maximum absolute atomic E-state index is 13.4. The number of benzene rings is 3. The Kier molecular flexibility index (Phi) is 8.24. The maximum Gasteiger partial charge on any atom is 0.200 e. The first-order chi connectivity index (χ1) is 14.0. The molecule has 3 aromatic carbocycles. The van der Waals surface area contributed by atoms with E-state index in [9.17, 15) is 4.79 Å². The Morgan fingerprint density at radius 1 is 1.03 bits per heavy atom. The summed E-state index contributed by atoms with van der Waals surface area (Å²) in [5.41, 5.74) is 2.65. The predicted octanol–water partition coefficient (Wildman–Crippen LogP) is 8.03. The molecule has 29 heavy (non-hydrogen) atoms. The van der Waals surface area contributed by atoms with Crippen molar-refractivity contribution in [2.45, 2.75) is 5.75 Å². The molecule has 0 heterocycles. The quantitative estimate of drug-likeness (QED) is 0.156. The normalized spacial score (nSPS) is 11.7. The van der Waals surface area contributed by atoms with Crippen molar-refractivity contribution in [1.82, 2.24) is 0 Å². The van der Waals surface area contributed by atoms with Crippen LogP contribution in [0.15, 0.2) is 82.2 Å². The number of carbonyl (C=O) groups is 1. The van der Waals surface area contributed by atoms with E-state index < -0.39 is 0 Å². The van der Waals surface area contributed by atoms with Crippen molar-refractivity contribution in [3.63, 3.8) is 0 Å². The highest BCUT2D eigenvalue weighted by molar-refractivity contribution is 14.1. The summed E-state index contributed by atoms with van der Waals surface area (Å²) in [5.74, 6) is 1.40. The van der Waals surface area contributed by atoms with Crippen LogP contribution in [0.4, 0.5) is 0 Å². The van der Waals surface area contributed by atoms with Crippen molar-refractivity contribution in [2.24, 2.45) is 0 Å². The van der Waals surface area contributed by atoms with Crippen LogP contribution in [0.25, 0.3) is 3.58 Å². The van der Waals surface area contributed by atoms with E-state index in [1.165, 1.54) is 11.8 Å². The molecule has 2 nitrogen and oxygen atoms in total. The van der Waals surface area contributed by atoms with Crippen molar-refractivity contribution in [2.75, 3.05) is 7.11 Å². The van der Waals surface area contributed by atoms with Gasteiger partial charge in [0.05, 0.1) is 12.0 Å². The Labute approximate surface area is 202 Å². The summed E-state index contributed by atoms with van der Waals surface area (Å²) in [6.45, 7) is 0. The molecule has 0 atom stereocenters. The molecule has 0 N–H and O–H groups in total.